The highest BCUT2D eigenvalue weighted by Crippen LogP contribution is 2.13. The molecule has 2 fully saturated rings. The molecule has 2 saturated heterocycles. The fraction of sp³-hybridized carbons (Fsp3) is 0.619. The minimum Gasteiger partial charge on any atom is -0.353 e. The number of amides is 2. The molecule has 7 heteroatoms. The number of rotatable bonds is 9. The van der Waals surface area contributed by atoms with Gasteiger partial charge in [-0.3, -0.25) is 25.3 Å². The molecule has 3 N–H and O–H groups in total. The van der Waals surface area contributed by atoms with Gasteiger partial charge in [0.2, 0.25) is 11.8 Å². The van der Waals surface area contributed by atoms with E-state index in [9.17, 15) is 9.59 Å². The number of hydrazine groups is 1. The zero-order valence-corrected chi connectivity index (χ0v) is 16.8. The number of nitrogens with zero attached hydrogens (tertiary/aromatic N) is 2. The molecule has 1 atom stereocenters. The van der Waals surface area contributed by atoms with Crippen LogP contribution in [-0.4, -0.2) is 74.0 Å². The van der Waals surface area contributed by atoms with E-state index < -0.39 is 0 Å². The highest BCUT2D eigenvalue weighted by molar-refractivity contribution is 5.88. The first-order chi connectivity index (χ1) is 13.6. The van der Waals surface area contributed by atoms with E-state index >= 15 is 0 Å². The number of hydrogen-bond donors (Lipinski definition) is 3. The van der Waals surface area contributed by atoms with Crippen molar-refractivity contribution in [3.63, 3.8) is 0 Å². The van der Waals surface area contributed by atoms with Gasteiger partial charge in [0.25, 0.3) is 0 Å². The van der Waals surface area contributed by atoms with E-state index in [1.54, 1.807) is 4.90 Å². The van der Waals surface area contributed by atoms with E-state index in [1.165, 1.54) is 5.56 Å². The predicted octanol–water partition coefficient (Wildman–Crippen LogP) is 0.382. The van der Waals surface area contributed by atoms with Gasteiger partial charge in [-0.15, -0.1) is 0 Å². The van der Waals surface area contributed by atoms with Crippen LogP contribution in [-0.2, 0) is 16.0 Å². The summed E-state index contributed by atoms with van der Waals surface area (Å²) in [4.78, 5) is 29.1. The van der Waals surface area contributed by atoms with E-state index in [0.717, 1.165) is 52.0 Å². The zero-order valence-electron chi connectivity index (χ0n) is 16.8. The van der Waals surface area contributed by atoms with E-state index in [4.69, 9.17) is 0 Å². The summed E-state index contributed by atoms with van der Waals surface area (Å²) in [6.45, 7) is 4.93. The molecule has 2 heterocycles. The van der Waals surface area contributed by atoms with Crippen molar-refractivity contribution >= 4 is 11.8 Å². The van der Waals surface area contributed by atoms with Crippen molar-refractivity contribution in [2.24, 2.45) is 5.92 Å². The monoisotopic (exact) mass is 387 g/mol. The lowest BCUT2D eigenvalue weighted by molar-refractivity contribution is -0.138. The van der Waals surface area contributed by atoms with Gasteiger partial charge in [-0.05, 0) is 37.3 Å². The number of carbonyl (C=O) groups is 2. The Bertz CT molecular complexity index is 633. The van der Waals surface area contributed by atoms with Gasteiger partial charge in [-0.1, -0.05) is 30.3 Å². The second-order valence-corrected chi connectivity index (χ2v) is 7.87. The van der Waals surface area contributed by atoms with Crippen molar-refractivity contribution in [1.82, 2.24) is 26.0 Å². The van der Waals surface area contributed by atoms with Crippen LogP contribution in [0.3, 0.4) is 0 Å². The fourth-order valence-corrected chi connectivity index (χ4v) is 3.91. The first-order valence-electron chi connectivity index (χ1n) is 10.4. The van der Waals surface area contributed by atoms with Crippen LogP contribution in [0.15, 0.2) is 30.3 Å². The second-order valence-electron chi connectivity index (χ2n) is 7.87. The van der Waals surface area contributed by atoms with Gasteiger partial charge < -0.3 is 10.2 Å². The van der Waals surface area contributed by atoms with Gasteiger partial charge in [0, 0.05) is 39.8 Å². The van der Waals surface area contributed by atoms with Crippen LogP contribution in [0.1, 0.15) is 24.8 Å². The maximum Gasteiger partial charge on any atom is 0.237 e. The Morgan fingerprint density at radius 3 is 2.71 bits per heavy atom. The highest BCUT2D eigenvalue weighted by atomic mass is 16.2. The van der Waals surface area contributed by atoms with Crippen molar-refractivity contribution in [3.05, 3.63) is 35.9 Å². The van der Waals surface area contributed by atoms with Crippen molar-refractivity contribution in [1.29, 1.82) is 0 Å². The van der Waals surface area contributed by atoms with Crippen molar-refractivity contribution in [2.75, 3.05) is 46.3 Å². The lowest BCUT2D eigenvalue weighted by Crippen LogP contribution is -2.56. The maximum atomic E-state index is 12.7. The molecule has 0 radical (unpaired) electrons. The molecule has 0 bridgehead atoms. The first kappa shape index (κ1) is 20.8. The number of nitrogens with one attached hydrogen (secondary N) is 3. The summed E-state index contributed by atoms with van der Waals surface area (Å²) in [5.41, 5.74) is 7.55. The lowest BCUT2D eigenvalue weighted by atomic mass is 10.0. The Morgan fingerprint density at radius 2 is 1.96 bits per heavy atom. The number of aryl methyl sites for hydroxylation is 1. The molecule has 0 aromatic heterocycles. The van der Waals surface area contributed by atoms with Crippen molar-refractivity contribution in [2.45, 2.75) is 31.7 Å². The first-order valence-corrected chi connectivity index (χ1v) is 10.4. The molecule has 0 aliphatic carbocycles. The summed E-state index contributed by atoms with van der Waals surface area (Å²) in [6, 6.07) is 10.0. The van der Waals surface area contributed by atoms with E-state index in [-0.39, 0.29) is 24.3 Å². The van der Waals surface area contributed by atoms with E-state index in [0.29, 0.717) is 12.5 Å². The Labute approximate surface area is 167 Å². The van der Waals surface area contributed by atoms with Crippen molar-refractivity contribution in [3.8, 4) is 0 Å². The van der Waals surface area contributed by atoms with Gasteiger partial charge in [-0.2, -0.15) is 0 Å². The molecule has 28 heavy (non-hydrogen) atoms. The zero-order chi connectivity index (χ0) is 19.8. The summed E-state index contributed by atoms with van der Waals surface area (Å²) in [5, 5.41) is 2.92. The highest BCUT2D eigenvalue weighted by Gasteiger charge is 2.32. The Morgan fingerprint density at radius 1 is 1.21 bits per heavy atom. The average molecular weight is 388 g/mol. The van der Waals surface area contributed by atoms with Gasteiger partial charge in [-0.25, -0.2) is 0 Å². The van der Waals surface area contributed by atoms with Gasteiger partial charge in [0.15, 0.2) is 0 Å². The van der Waals surface area contributed by atoms with E-state index in [2.05, 4.69) is 45.3 Å². The Hall–Kier alpha value is -1.96. The number of carbonyl (C=O) groups excluding carboxylic acids is 2. The summed E-state index contributed by atoms with van der Waals surface area (Å²) < 4.78 is 0. The van der Waals surface area contributed by atoms with Crippen LogP contribution in [0.25, 0.3) is 0 Å². The molecule has 1 unspecified atom stereocenters. The van der Waals surface area contributed by atoms with Crippen LogP contribution in [0.4, 0.5) is 0 Å². The minimum atomic E-state index is -0.353. The number of benzene rings is 1. The summed E-state index contributed by atoms with van der Waals surface area (Å²) in [6.07, 6.45) is 3.21. The molecule has 3 rings (SSSR count). The number of piperazine rings is 1. The Balaban J connectivity index is 1.46. The summed E-state index contributed by atoms with van der Waals surface area (Å²) in [5.74, 6) is 0.591. The molecule has 0 spiro atoms. The second kappa shape index (κ2) is 10.5. The molecule has 0 saturated carbocycles. The third kappa shape index (κ3) is 6.02. The van der Waals surface area contributed by atoms with Crippen LogP contribution < -0.4 is 16.2 Å². The molecule has 7 nitrogen and oxygen atoms in total. The molecule has 154 valence electrons. The van der Waals surface area contributed by atoms with Crippen molar-refractivity contribution < 1.29 is 9.59 Å². The van der Waals surface area contributed by atoms with Gasteiger partial charge >= 0.3 is 0 Å². The van der Waals surface area contributed by atoms with Crippen LogP contribution in [0, 0.1) is 5.92 Å². The predicted molar refractivity (Wildman–Crippen MR) is 110 cm³/mol. The average Bonchev–Trinajstić information content (AvgIpc) is 3.23. The third-order valence-electron chi connectivity index (χ3n) is 5.77. The van der Waals surface area contributed by atoms with Gasteiger partial charge in [0.05, 0.1) is 12.5 Å². The number of hydrogen-bond acceptors (Lipinski definition) is 5. The van der Waals surface area contributed by atoms with Gasteiger partial charge in [0.1, 0.15) is 0 Å². The maximum absolute atomic E-state index is 12.7. The minimum absolute atomic E-state index is 0.0168. The molecule has 2 aliphatic heterocycles. The molecular formula is C21H33N5O2. The van der Waals surface area contributed by atoms with E-state index in [1.807, 2.05) is 13.1 Å². The van der Waals surface area contributed by atoms with Crippen LogP contribution >= 0.6 is 0 Å². The normalized spacial score (nSPS) is 20.9. The lowest BCUT2D eigenvalue weighted by Gasteiger charge is -2.35. The topological polar surface area (TPSA) is 76.7 Å². The molecule has 1 aromatic carbocycles. The van der Waals surface area contributed by atoms with Crippen LogP contribution in [0.5, 0.6) is 0 Å². The molecule has 2 aliphatic rings. The molecule has 2 amide bonds. The Kier molecular flexibility index (Phi) is 7.82. The fourth-order valence-electron chi connectivity index (χ4n) is 3.91. The molecular weight excluding hydrogens is 354 g/mol. The standard InChI is InChI=1S/C21H33N5O2/c1-25(12-9-18-15-23-24-16-18)20(27)14-19-21(28)22-10-13-26(19)11-5-8-17-6-3-2-4-7-17/h2-4,6-7,18-19,23-24H,5,8-16H2,1H3,(H,22,28). The quantitative estimate of drug-likeness (QED) is 0.571. The summed E-state index contributed by atoms with van der Waals surface area (Å²) >= 11 is 0. The largest absolute Gasteiger partial charge is 0.353 e. The SMILES string of the molecule is CN(CCC1CNNC1)C(=O)CC1C(=O)NCCN1CCCc1ccccc1. The smallest absolute Gasteiger partial charge is 0.237 e. The summed E-state index contributed by atoms with van der Waals surface area (Å²) in [7, 11) is 1.85. The van der Waals surface area contributed by atoms with Crippen LogP contribution in [0.2, 0.25) is 0 Å². The third-order valence-corrected chi connectivity index (χ3v) is 5.77. The molecule has 1 aromatic rings.